The molecule has 1 aliphatic heterocycles. The molecule has 23 heavy (non-hydrogen) atoms. The highest BCUT2D eigenvalue weighted by atomic mass is 28.4. The van der Waals surface area contributed by atoms with Gasteiger partial charge in [0.2, 0.25) is 0 Å². The van der Waals surface area contributed by atoms with Crippen molar-refractivity contribution in [2.75, 3.05) is 7.11 Å². The fraction of sp³-hybridized carbons (Fsp3) is 0.765. The topological polar surface area (TPSA) is 61.8 Å². The first kappa shape index (κ1) is 18.2. The molecule has 1 aliphatic carbocycles. The lowest BCUT2D eigenvalue weighted by Crippen LogP contribution is -2.49. The molecule has 2 aliphatic rings. The van der Waals surface area contributed by atoms with Crippen LogP contribution < -0.4 is 0 Å². The Kier molecular flexibility index (Phi) is 5.06. The fourth-order valence-electron chi connectivity index (χ4n) is 3.18. The first-order valence-corrected chi connectivity index (χ1v) is 11.1. The highest BCUT2D eigenvalue weighted by molar-refractivity contribution is 6.74. The summed E-state index contributed by atoms with van der Waals surface area (Å²) in [4.78, 5) is 23.4. The fourth-order valence-corrected chi connectivity index (χ4v) is 4.32. The Bertz CT molecular complexity index is 506. The predicted octanol–water partition coefficient (Wildman–Crippen LogP) is 3.26. The van der Waals surface area contributed by atoms with Gasteiger partial charge in [-0.1, -0.05) is 20.8 Å². The molecule has 4 atom stereocenters. The molecule has 0 N–H and O–H groups in total. The van der Waals surface area contributed by atoms with Crippen molar-refractivity contribution in [3.63, 3.8) is 0 Å². The van der Waals surface area contributed by atoms with Gasteiger partial charge in [-0.15, -0.1) is 0 Å². The van der Waals surface area contributed by atoms with Gasteiger partial charge in [0.15, 0.2) is 14.6 Å². The third-order valence-corrected chi connectivity index (χ3v) is 10.1. The van der Waals surface area contributed by atoms with E-state index in [0.29, 0.717) is 5.57 Å². The smallest absolute Gasteiger partial charge is 0.337 e. The number of hydrogen-bond donors (Lipinski definition) is 0. The van der Waals surface area contributed by atoms with Gasteiger partial charge in [-0.3, -0.25) is 0 Å². The Labute approximate surface area is 139 Å². The van der Waals surface area contributed by atoms with Crippen molar-refractivity contribution < 1.29 is 23.5 Å². The first-order valence-electron chi connectivity index (χ1n) is 8.19. The van der Waals surface area contributed by atoms with Gasteiger partial charge < -0.3 is 18.7 Å². The number of esters is 1. The molecule has 1 heterocycles. The number of ether oxygens (including phenoxy) is 2. The van der Waals surface area contributed by atoms with Crippen LogP contribution >= 0.6 is 0 Å². The van der Waals surface area contributed by atoms with Gasteiger partial charge in [-0.05, 0) is 31.0 Å². The van der Waals surface area contributed by atoms with Gasteiger partial charge in [-0.25, -0.2) is 4.79 Å². The molecule has 2 rings (SSSR count). The monoisotopic (exact) mass is 340 g/mol. The van der Waals surface area contributed by atoms with Crippen LogP contribution in [-0.2, 0) is 23.5 Å². The van der Waals surface area contributed by atoms with E-state index in [1.54, 1.807) is 0 Å². The Morgan fingerprint density at radius 3 is 2.52 bits per heavy atom. The molecule has 0 radical (unpaired) electrons. The number of methoxy groups -OCH3 is 1. The second kappa shape index (κ2) is 6.40. The highest BCUT2D eigenvalue weighted by Gasteiger charge is 2.51. The lowest BCUT2D eigenvalue weighted by molar-refractivity contribution is -0.144. The molecular weight excluding hydrogens is 312 g/mol. The van der Waals surface area contributed by atoms with Crippen LogP contribution in [-0.4, -0.2) is 34.0 Å². The summed E-state index contributed by atoms with van der Waals surface area (Å²) >= 11 is 0. The van der Waals surface area contributed by atoms with E-state index in [4.69, 9.17) is 13.9 Å². The normalized spacial score (nSPS) is 31.0. The quantitative estimate of drug-likeness (QED) is 0.446. The predicted molar refractivity (Wildman–Crippen MR) is 89.0 cm³/mol. The minimum Gasteiger partial charge on any atom is -0.473 e. The molecule has 0 aromatic rings. The minimum atomic E-state index is -2.04. The maximum absolute atomic E-state index is 12.0. The average molecular weight is 340 g/mol. The van der Waals surface area contributed by atoms with E-state index in [9.17, 15) is 9.59 Å². The van der Waals surface area contributed by atoms with Crippen molar-refractivity contribution in [2.45, 2.75) is 58.0 Å². The summed E-state index contributed by atoms with van der Waals surface area (Å²) < 4.78 is 17.0. The molecule has 0 amide bonds. The Morgan fingerprint density at radius 2 is 2.00 bits per heavy atom. The maximum atomic E-state index is 12.0. The number of aldehydes is 1. The molecule has 1 saturated carbocycles. The van der Waals surface area contributed by atoms with E-state index >= 15 is 0 Å². The van der Waals surface area contributed by atoms with Crippen molar-refractivity contribution in [2.24, 2.45) is 17.8 Å². The third kappa shape index (κ3) is 3.38. The van der Waals surface area contributed by atoms with Crippen molar-refractivity contribution in [1.29, 1.82) is 0 Å². The van der Waals surface area contributed by atoms with Gasteiger partial charge >= 0.3 is 5.97 Å². The van der Waals surface area contributed by atoms with Gasteiger partial charge in [-0.2, -0.15) is 0 Å². The largest absolute Gasteiger partial charge is 0.473 e. The van der Waals surface area contributed by atoms with Gasteiger partial charge in [0.1, 0.15) is 6.29 Å². The molecule has 0 saturated heterocycles. The van der Waals surface area contributed by atoms with Crippen LogP contribution in [0.25, 0.3) is 0 Å². The van der Waals surface area contributed by atoms with Crippen molar-refractivity contribution in [3.05, 3.63) is 11.8 Å². The molecular formula is C17H28O5Si. The van der Waals surface area contributed by atoms with Crippen molar-refractivity contribution in [3.8, 4) is 0 Å². The van der Waals surface area contributed by atoms with Gasteiger partial charge in [0.25, 0.3) is 0 Å². The number of carbonyl (C=O) groups is 2. The SMILES string of the molecule is COC(=O)C1=COC(O[Si](C)(C)C(C)(C)C)C2C(C=O)CCC12. The summed E-state index contributed by atoms with van der Waals surface area (Å²) in [7, 11) is -0.675. The van der Waals surface area contributed by atoms with Crippen molar-refractivity contribution in [1.82, 2.24) is 0 Å². The van der Waals surface area contributed by atoms with E-state index in [2.05, 4.69) is 33.9 Å². The van der Waals surface area contributed by atoms with E-state index < -0.39 is 14.6 Å². The molecule has 5 nitrogen and oxygen atoms in total. The molecule has 6 heteroatoms. The molecule has 130 valence electrons. The van der Waals surface area contributed by atoms with E-state index in [0.717, 1.165) is 19.1 Å². The zero-order chi connectivity index (χ0) is 17.4. The standard InChI is InChI=1S/C17H28O5Si/c1-17(2,3)23(5,6)22-16-14-11(9-18)7-8-12(14)13(10-21-16)15(19)20-4/h9-12,14,16H,7-8H2,1-6H3. The van der Waals surface area contributed by atoms with Crippen LogP contribution in [0.5, 0.6) is 0 Å². The minimum absolute atomic E-state index is 0.0267. The summed E-state index contributed by atoms with van der Waals surface area (Å²) in [6, 6.07) is 0. The number of rotatable bonds is 4. The molecule has 1 fully saturated rings. The van der Waals surface area contributed by atoms with Gasteiger partial charge in [0, 0.05) is 17.8 Å². The van der Waals surface area contributed by atoms with Crippen LogP contribution in [0.2, 0.25) is 18.1 Å². The Balaban J connectivity index is 2.29. The Morgan fingerprint density at radius 1 is 1.35 bits per heavy atom. The summed E-state index contributed by atoms with van der Waals surface area (Å²) in [6.07, 6.45) is 3.55. The van der Waals surface area contributed by atoms with Crippen LogP contribution in [0, 0.1) is 17.8 Å². The van der Waals surface area contributed by atoms with E-state index in [-0.39, 0.29) is 28.8 Å². The summed E-state index contributed by atoms with van der Waals surface area (Å²) in [6.45, 7) is 10.8. The number of hydrogen-bond acceptors (Lipinski definition) is 5. The molecule has 0 spiro atoms. The number of fused-ring (bicyclic) bond motifs is 1. The zero-order valence-corrected chi connectivity index (χ0v) is 15.9. The van der Waals surface area contributed by atoms with E-state index in [1.807, 2.05) is 0 Å². The lowest BCUT2D eigenvalue weighted by atomic mass is 9.83. The Hall–Kier alpha value is -1.14. The van der Waals surface area contributed by atoms with Crippen LogP contribution in [0.3, 0.4) is 0 Å². The molecule has 4 unspecified atom stereocenters. The molecule has 0 aromatic carbocycles. The van der Waals surface area contributed by atoms with Crippen LogP contribution in [0.15, 0.2) is 11.8 Å². The number of carbonyl (C=O) groups excluding carboxylic acids is 2. The maximum Gasteiger partial charge on any atom is 0.337 e. The first-order chi connectivity index (χ1) is 10.6. The summed E-state index contributed by atoms with van der Waals surface area (Å²) in [5.41, 5.74) is 0.525. The summed E-state index contributed by atoms with van der Waals surface area (Å²) in [5, 5.41) is 0.0491. The molecule has 0 aromatic heterocycles. The molecule has 0 bridgehead atoms. The van der Waals surface area contributed by atoms with Crippen LogP contribution in [0.4, 0.5) is 0 Å². The second-order valence-corrected chi connectivity index (χ2v) is 12.8. The lowest BCUT2D eigenvalue weighted by Gasteiger charge is -2.43. The third-order valence-electron chi connectivity index (χ3n) is 5.63. The highest BCUT2D eigenvalue weighted by Crippen LogP contribution is 2.48. The van der Waals surface area contributed by atoms with Crippen molar-refractivity contribution >= 4 is 20.6 Å². The van der Waals surface area contributed by atoms with Crippen LogP contribution in [0.1, 0.15) is 33.6 Å². The zero-order valence-electron chi connectivity index (χ0n) is 14.9. The summed E-state index contributed by atoms with van der Waals surface area (Å²) in [5.74, 6) is -0.651. The average Bonchev–Trinajstić information content (AvgIpc) is 2.89. The second-order valence-electron chi connectivity index (χ2n) is 8.01. The van der Waals surface area contributed by atoms with E-state index in [1.165, 1.54) is 13.4 Å². The van der Waals surface area contributed by atoms with Gasteiger partial charge in [0.05, 0.1) is 18.9 Å².